The Hall–Kier alpha value is 0.360. The third kappa shape index (κ3) is 8.46. The van der Waals surface area contributed by atoms with E-state index in [1.54, 1.807) is 0 Å². The highest BCUT2D eigenvalue weighted by molar-refractivity contribution is 14.1. The summed E-state index contributed by atoms with van der Waals surface area (Å²) < 4.78 is 0.124. The molecule has 0 heterocycles. The molecule has 0 bridgehead atoms. The van der Waals surface area contributed by atoms with E-state index in [4.69, 9.17) is 0 Å². The lowest BCUT2D eigenvalue weighted by atomic mass is 9.72. The summed E-state index contributed by atoms with van der Waals surface area (Å²) >= 11 is 2.21. The Morgan fingerprint density at radius 2 is 1.61 bits per heavy atom. The molecule has 0 amide bonds. The first-order chi connectivity index (χ1) is 7.95. The van der Waals surface area contributed by atoms with Crippen molar-refractivity contribution in [1.29, 1.82) is 0 Å². The van der Waals surface area contributed by atoms with Crippen molar-refractivity contribution >= 4 is 28.4 Å². The minimum absolute atomic E-state index is 0.0820. The van der Waals surface area contributed by atoms with Crippen LogP contribution in [0.4, 0.5) is 0 Å². The second-order valence-electron chi connectivity index (χ2n) is 7.30. The SMILES string of the molecule is CC(C)NCC(C)(C)CC(C)(C)CC(=O)C(C)I. The predicted molar refractivity (Wildman–Crippen MR) is 88.4 cm³/mol. The van der Waals surface area contributed by atoms with Gasteiger partial charge in [0.2, 0.25) is 0 Å². The van der Waals surface area contributed by atoms with Crippen molar-refractivity contribution < 1.29 is 4.79 Å². The Morgan fingerprint density at radius 1 is 1.11 bits per heavy atom. The molecule has 3 heteroatoms. The molecule has 1 atom stereocenters. The van der Waals surface area contributed by atoms with E-state index in [2.05, 4.69) is 69.5 Å². The van der Waals surface area contributed by atoms with E-state index in [1.165, 1.54) is 0 Å². The third-order valence-corrected chi connectivity index (χ3v) is 3.74. The fourth-order valence-corrected chi connectivity index (χ4v) is 2.73. The first-order valence-electron chi connectivity index (χ1n) is 6.85. The topological polar surface area (TPSA) is 29.1 Å². The zero-order valence-electron chi connectivity index (χ0n) is 13.1. The molecular formula is C15H30INO. The first-order valence-corrected chi connectivity index (χ1v) is 8.10. The Morgan fingerprint density at radius 3 is 2.00 bits per heavy atom. The van der Waals surface area contributed by atoms with Crippen LogP contribution < -0.4 is 5.32 Å². The van der Waals surface area contributed by atoms with Crippen molar-refractivity contribution in [2.45, 2.75) is 71.3 Å². The molecule has 1 N–H and O–H groups in total. The van der Waals surface area contributed by atoms with E-state index >= 15 is 0 Å². The molecule has 0 fully saturated rings. The fraction of sp³-hybridized carbons (Fsp3) is 0.933. The fourth-order valence-electron chi connectivity index (χ4n) is 2.51. The maximum Gasteiger partial charge on any atom is 0.145 e. The van der Waals surface area contributed by atoms with Crippen LogP contribution in [0.1, 0.15) is 61.3 Å². The minimum atomic E-state index is 0.0820. The molecule has 2 nitrogen and oxygen atoms in total. The van der Waals surface area contributed by atoms with Crippen LogP contribution in [0.5, 0.6) is 0 Å². The molecule has 0 aliphatic heterocycles. The second-order valence-corrected chi connectivity index (χ2v) is 9.17. The van der Waals surface area contributed by atoms with Gasteiger partial charge in [-0.2, -0.15) is 0 Å². The standard InChI is InChI=1S/C15H30INO/c1-11(2)17-10-15(6,7)9-14(4,5)8-13(18)12(3)16/h11-12,17H,8-10H2,1-7H3. The average Bonchev–Trinajstić information content (AvgIpc) is 2.12. The highest BCUT2D eigenvalue weighted by Crippen LogP contribution is 2.36. The van der Waals surface area contributed by atoms with Crippen molar-refractivity contribution in [2.75, 3.05) is 6.54 Å². The van der Waals surface area contributed by atoms with Crippen LogP contribution in [0.25, 0.3) is 0 Å². The molecule has 0 saturated carbocycles. The average molecular weight is 367 g/mol. The Balaban J connectivity index is 4.41. The number of nitrogens with one attached hydrogen (secondary N) is 1. The van der Waals surface area contributed by atoms with Gasteiger partial charge in [-0.25, -0.2) is 0 Å². The zero-order chi connectivity index (χ0) is 14.6. The van der Waals surface area contributed by atoms with Crippen LogP contribution in [-0.4, -0.2) is 22.3 Å². The number of rotatable bonds is 8. The van der Waals surface area contributed by atoms with Crippen LogP contribution in [0.3, 0.4) is 0 Å². The normalized spacial score (nSPS) is 14.9. The van der Waals surface area contributed by atoms with Crippen LogP contribution in [-0.2, 0) is 4.79 Å². The smallest absolute Gasteiger partial charge is 0.145 e. The second kappa shape index (κ2) is 7.22. The summed E-state index contributed by atoms with van der Waals surface area (Å²) in [5, 5.41) is 3.50. The van der Waals surface area contributed by atoms with E-state index in [0.717, 1.165) is 13.0 Å². The molecular weight excluding hydrogens is 337 g/mol. The lowest BCUT2D eigenvalue weighted by Crippen LogP contribution is -2.37. The summed E-state index contributed by atoms with van der Waals surface area (Å²) in [7, 11) is 0. The van der Waals surface area contributed by atoms with Gasteiger partial charge in [-0.1, -0.05) is 64.1 Å². The van der Waals surface area contributed by atoms with Crippen molar-refractivity contribution in [1.82, 2.24) is 5.32 Å². The monoisotopic (exact) mass is 367 g/mol. The minimum Gasteiger partial charge on any atom is -0.314 e. The van der Waals surface area contributed by atoms with E-state index in [1.807, 2.05) is 6.92 Å². The third-order valence-electron chi connectivity index (χ3n) is 3.04. The molecule has 1 unspecified atom stereocenters. The molecule has 0 aromatic carbocycles. The number of carbonyl (C=O) groups is 1. The summed E-state index contributed by atoms with van der Waals surface area (Å²) in [4.78, 5) is 11.9. The van der Waals surface area contributed by atoms with Crippen molar-refractivity contribution in [2.24, 2.45) is 10.8 Å². The number of carbonyl (C=O) groups excluding carboxylic acids is 1. The maximum absolute atomic E-state index is 11.9. The van der Waals surface area contributed by atoms with Gasteiger partial charge in [0, 0.05) is 19.0 Å². The highest BCUT2D eigenvalue weighted by Gasteiger charge is 2.31. The zero-order valence-corrected chi connectivity index (χ0v) is 15.2. The van der Waals surface area contributed by atoms with Gasteiger partial charge >= 0.3 is 0 Å². The van der Waals surface area contributed by atoms with Gasteiger partial charge < -0.3 is 5.32 Å². The molecule has 0 saturated heterocycles. The summed E-state index contributed by atoms with van der Waals surface area (Å²) in [5.41, 5.74) is 0.307. The lowest BCUT2D eigenvalue weighted by Gasteiger charge is -2.35. The Bertz CT molecular complexity index is 270. The maximum atomic E-state index is 11.9. The number of halogens is 1. The molecule has 0 rings (SSSR count). The molecule has 0 radical (unpaired) electrons. The van der Waals surface area contributed by atoms with Crippen LogP contribution >= 0.6 is 22.6 Å². The van der Waals surface area contributed by atoms with E-state index < -0.39 is 0 Å². The molecule has 0 aromatic heterocycles. The van der Waals surface area contributed by atoms with Gasteiger partial charge in [0.1, 0.15) is 5.78 Å². The van der Waals surface area contributed by atoms with Crippen molar-refractivity contribution in [3.63, 3.8) is 0 Å². The molecule has 18 heavy (non-hydrogen) atoms. The Kier molecular flexibility index (Phi) is 7.37. The summed E-state index contributed by atoms with van der Waals surface area (Å²) in [6.07, 6.45) is 1.75. The predicted octanol–water partition coefficient (Wildman–Crippen LogP) is 4.21. The highest BCUT2D eigenvalue weighted by atomic mass is 127. The van der Waals surface area contributed by atoms with Gasteiger partial charge in [-0.05, 0) is 24.2 Å². The van der Waals surface area contributed by atoms with Gasteiger partial charge in [0.15, 0.2) is 0 Å². The molecule has 0 spiro atoms. The van der Waals surface area contributed by atoms with Gasteiger partial charge in [0.25, 0.3) is 0 Å². The van der Waals surface area contributed by atoms with Crippen LogP contribution in [0, 0.1) is 10.8 Å². The Labute approximate surface area is 127 Å². The van der Waals surface area contributed by atoms with Gasteiger partial charge in [-0.15, -0.1) is 0 Å². The molecule has 0 aromatic rings. The number of hydrogen-bond donors (Lipinski definition) is 1. The summed E-state index contributed by atoms with van der Waals surface area (Å²) in [6, 6.07) is 0.517. The molecule has 108 valence electrons. The van der Waals surface area contributed by atoms with Crippen molar-refractivity contribution in [3.8, 4) is 0 Å². The summed E-state index contributed by atoms with van der Waals surface area (Å²) in [6.45, 7) is 16.3. The van der Waals surface area contributed by atoms with Crippen LogP contribution in [0.15, 0.2) is 0 Å². The number of alkyl halides is 1. The quantitative estimate of drug-likeness (QED) is 0.514. The summed E-state index contributed by atoms with van der Waals surface area (Å²) in [5.74, 6) is 0.369. The number of Topliss-reactive ketones (excluding diaryl/α,β-unsaturated/α-hetero) is 1. The molecule has 0 aliphatic carbocycles. The van der Waals surface area contributed by atoms with Gasteiger partial charge in [-0.3, -0.25) is 4.79 Å². The van der Waals surface area contributed by atoms with Crippen LogP contribution in [0.2, 0.25) is 0 Å². The lowest BCUT2D eigenvalue weighted by molar-refractivity contribution is -0.120. The van der Waals surface area contributed by atoms with Gasteiger partial charge in [0.05, 0.1) is 3.92 Å². The first kappa shape index (κ1) is 18.4. The van der Waals surface area contributed by atoms with Crippen molar-refractivity contribution in [3.05, 3.63) is 0 Å². The van der Waals surface area contributed by atoms with E-state index in [0.29, 0.717) is 18.2 Å². The number of ketones is 1. The largest absolute Gasteiger partial charge is 0.314 e. The van der Waals surface area contributed by atoms with E-state index in [9.17, 15) is 4.79 Å². The van der Waals surface area contributed by atoms with E-state index in [-0.39, 0.29) is 14.8 Å². The molecule has 0 aliphatic rings. The number of hydrogen-bond acceptors (Lipinski definition) is 2.